The zero-order chi connectivity index (χ0) is 19.6. The van der Waals surface area contributed by atoms with E-state index < -0.39 is 6.17 Å². The van der Waals surface area contributed by atoms with E-state index in [-0.39, 0.29) is 0 Å². The molecule has 3 aliphatic rings. The molecule has 4 heterocycles. The largest absolute Gasteiger partial charge is 0.369 e. The number of halogens is 1. The van der Waals surface area contributed by atoms with Crippen molar-refractivity contribution in [2.75, 3.05) is 54.4 Å². The topological polar surface area (TPSA) is 69.2 Å². The summed E-state index contributed by atoms with van der Waals surface area (Å²) in [5, 5.41) is 6.70. The standard InChI is InChI=1S/C21H28FN7/c22-16-2-1-7-29(14-16)21-11-17(28-8-5-23-6-9-28)10-19(27-21)26-20-13-24-18(12-25-20)15-3-4-15/h10-13,15-16,23H,1-9,14H2,(H,25,26,27). The lowest BCUT2D eigenvalue weighted by molar-refractivity contribution is 0.286. The highest BCUT2D eigenvalue weighted by Gasteiger charge is 2.25. The Bertz CT molecular complexity index is 833. The molecule has 2 saturated heterocycles. The summed E-state index contributed by atoms with van der Waals surface area (Å²) in [5.74, 6) is 2.83. The number of nitrogens with one attached hydrogen (secondary N) is 2. The third kappa shape index (κ3) is 4.42. The number of hydrogen-bond donors (Lipinski definition) is 2. The second kappa shape index (κ2) is 8.10. The maximum atomic E-state index is 14.0. The van der Waals surface area contributed by atoms with E-state index in [0.717, 1.165) is 62.2 Å². The fourth-order valence-electron chi connectivity index (χ4n) is 4.09. The first-order chi connectivity index (χ1) is 14.2. The van der Waals surface area contributed by atoms with Gasteiger partial charge < -0.3 is 20.4 Å². The molecule has 0 bridgehead atoms. The first-order valence-corrected chi connectivity index (χ1v) is 10.7. The monoisotopic (exact) mass is 397 g/mol. The molecule has 2 aromatic rings. The van der Waals surface area contributed by atoms with E-state index in [0.29, 0.717) is 24.7 Å². The van der Waals surface area contributed by atoms with Crippen LogP contribution in [0.2, 0.25) is 0 Å². The summed E-state index contributed by atoms with van der Waals surface area (Å²) in [7, 11) is 0. The number of piperidine rings is 1. The van der Waals surface area contributed by atoms with Crippen LogP contribution in [0.25, 0.3) is 0 Å². The van der Waals surface area contributed by atoms with Gasteiger partial charge in [-0.1, -0.05) is 0 Å². The Morgan fingerprint density at radius 1 is 0.966 bits per heavy atom. The minimum atomic E-state index is -0.786. The molecule has 5 rings (SSSR count). The molecule has 0 amide bonds. The molecule has 8 heteroatoms. The lowest BCUT2D eigenvalue weighted by atomic mass is 10.1. The highest BCUT2D eigenvalue weighted by atomic mass is 19.1. The number of aromatic nitrogens is 3. The maximum Gasteiger partial charge on any atom is 0.150 e. The van der Waals surface area contributed by atoms with E-state index in [2.05, 4.69) is 42.5 Å². The highest BCUT2D eigenvalue weighted by Crippen LogP contribution is 2.38. The van der Waals surface area contributed by atoms with Gasteiger partial charge in [0.1, 0.15) is 23.6 Å². The third-order valence-electron chi connectivity index (χ3n) is 5.89. The van der Waals surface area contributed by atoms with E-state index in [9.17, 15) is 4.39 Å². The average Bonchev–Trinajstić information content (AvgIpc) is 3.60. The van der Waals surface area contributed by atoms with Crippen molar-refractivity contribution in [1.29, 1.82) is 0 Å². The second-order valence-corrected chi connectivity index (χ2v) is 8.22. The molecule has 1 atom stereocenters. The molecule has 0 spiro atoms. The number of alkyl halides is 1. The number of anilines is 4. The van der Waals surface area contributed by atoms with Crippen LogP contribution in [0.3, 0.4) is 0 Å². The first-order valence-electron chi connectivity index (χ1n) is 10.7. The van der Waals surface area contributed by atoms with Gasteiger partial charge in [0.15, 0.2) is 0 Å². The molecule has 1 aliphatic carbocycles. The van der Waals surface area contributed by atoms with Crippen molar-refractivity contribution in [3.8, 4) is 0 Å². The summed E-state index contributed by atoms with van der Waals surface area (Å²) in [6, 6.07) is 4.15. The van der Waals surface area contributed by atoms with Crippen molar-refractivity contribution < 1.29 is 4.39 Å². The van der Waals surface area contributed by atoms with Gasteiger partial charge in [-0.25, -0.2) is 14.4 Å². The molecule has 29 heavy (non-hydrogen) atoms. The van der Waals surface area contributed by atoms with Crippen molar-refractivity contribution in [1.82, 2.24) is 20.3 Å². The average molecular weight is 398 g/mol. The minimum Gasteiger partial charge on any atom is -0.369 e. The summed E-state index contributed by atoms with van der Waals surface area (Å²) < 4.78 is 14.0. The van der Waals surface area contributed by atoms with E-state index in [1.807, 2.05) is 6.20 Å². The zero-order valence-electron chi connectivity index (χ0n) is 16.6. The number of pyridine rings is 1. The number of piperazine rings is 1. The summed E-state index contributed by atoms with van der Waals surface area (Å²) >= 11 is 0. The smallest absolute Gasteiger partial charge is 0.150 e. The zero-order valence-corrected chi connectivity index (χ0v) is 16.6. The Hall–Kier alpha value is -2.48. The SMILES string of the molecule is FC1CCCN(c2cc(N3CCNCC3)cc(Nc3cnc(C4CC4)cn3)n2)C1. The lowest BCUT2D eigenvalue weighted by Gasteiger charge is -2.33. The van der Waals surface area contributed by atoms with E-state index >= 15 is 0 Å². The summed E-state index contributed by atoms with van der Waals surface area (Å²) in [6.07, 6.45) is 6.78. The molecule has 0 radical (unpaired) electrons. The highest BCUT2D eigenvalue weighted by molar-refractivity contribution is 5.65. The summed E-state index contributed by atoms with van der Waals surface area (Å²) in [4.78, 5) is 18.3. The number of nitrogens with zero attached hydrogens (tertiary/aromatic N) is 5. The predicted octanol–water partition coefficient (Wildman–Crippen LogP) is 2.84. The van der Waals surface area contributed by atoms with Gasteiger partial charge in [0, 0.05) is 56.5 Å². The first kappa shape index (κ1) is 18.5. The van der Waals surface area contributed by atoms with Crippen LogP contribution in [-0.2, 0) is 0 Å². The molecular formula is C21H28FN7. The van der Waals surface area contributed by atoms with Crippen LogP contribution in [0.5, 0.6) is 0 Å². The van der Waals surface area contributed by atoms with Crippen molar-refractivity contribution in [3.63, 3.8) is 0 Å². The Kier molecular flexibility index (Phi) is 5.18. The molecule has 2 aromatic heterocycles. The fraction of sp³-hybridized carbons (Fsp3) is 0.571. The van der Waals surface area contributed by atoms with Crippen molar-refractivity contribution in [2.45, 2.75) is 37.8 Å². The van der Waals surface area contributed by atoms with Crippen molar-refractivity contribution in [2.24, 2.45) is 0 Å². The van der Waals surface area contributed by atoms with Crippen LogP contribution in [0.15, 0.2) is 24.5 Å². The van der Waals surface area contributed by atoms with Crippen LogP contribution >= 0.6 is 0 Å². The van der Waals surface area contributed by atoms with Crippen LogP contribution in [0.4, 0.5) is 27.5 Å². The molecule has 3 fully saturated rings. The second-order valence-electron chi connectivity index (χ2n) is 8.22. The molecule has 0 aromatic carbocycles. The van der Waals surface area contributed by atoms with E-state index in [1.54, 1.807) is 6.20 Å². The molecule has 1 unspecified atom stereocenters. The van der Waals surface area contributed by atoms with Gasteiger partial charge in [-0.15, -0.1) is 0 Å². The van der Waals surface area contributed by atoms with Crippen LogP contribution in [-0.4, -0.2) is 60.4 Å². The third-order valence-corrected chi connectivity index (χ3v) is 5.89. The lowest BCUT2D eigenvalue weighted by Crippen LogP contribution is -2.43. The Balaban J connectivity index is 1.41. The van der Waals surface area contributed by atoms with Crippen LogP contribution in [0, 0.1) is 0 Å². The summed E-state index contributed by atoms with van der Waals surface area (Å²) in [5.41, 5.74) is 2.18. The predicted molar refractivity (Wildman–Crippen MR) is 113 cm³/mol. The van der Waals surface area contributed by atoms with Crippen molar-refractivity contribution >= 4 is 23.1 Å². The Morgan fingerprint density at radius 3 is 2.55 bits per heavy atom. The Labute approximate surface area is 170 Å². The molecule has 2 N–H and O–H groups in total. The quantitative estimate of drug-likeness (QED) is 0.804. The molecule has 154 valence electrons. The fourth-order valence-corrected chi connectivity index (χ4v) is 4.09. The van der Waals surface area contributed by atoms with Gasteiger partial charge in [-0.2, -0.15) is 0 Å². The van der Waals surface area contributed by atoms with Gasteiger partial charge in [0.25, 0.3) is 0 Å². The maximum absolute atomic E-state index is 14.0. The van der Waals surface area contributed by atoms with Gasteiger partial charge in [-0.3, -0.25) is 4.98 Å². The van der Waals surface area contributed by atoms with Gasteiger partial charge >= 0.3 is 0 Å². The van der Waals surface area contributed by atoms with E-state index in [1.165, 1.54) is 12.8 Å². The van der Waals surface area contributed by atoms with Gasteiger partial charge in [0.05, 0.1) is 24.6 Å². The van der Waals surface area contributed by atoms with Crippen molar-refractivity contribution in [3.05, 3.63) is 30.2 Å². The Morgan fingerprint density at radius 2 is 1.83 bits per heavy atom. The van der Waals surface area contributed by atoms with Gasteiger partial charge in [0.2, 0.25) is 0 Å². The number of rotatable bonds is 5. The van der Waals surface area contributed by atoms with Crippen LogP contribution in [0.1, 0.15) is 37.3 Å². The normalized spacial score (nSPS) is 22.6. The number of hydrogen-bond acceptors (Lipinski definition) is 7. The van der Waals surface area contributed by atoms with Gasteiger partial charge in [-0.05, 0) is 25.7 Å². The van der Waals surface area contributed by atoms with Crippen LogP contribution < -0.4 is 20.4 Å². The molecule has 1 saturated carbocycles. The summed E-state index contributed by atoms with van der Waals surface area (Å²) in [6.45, 7) is 5.08. The molecular weight excluding hydrogens is 369 g/mol. The van der Waals surface area contributed by atoms with E-state index in [4.69, 9.17) is 4.98 Å². The minimum absolute atomic E-state index is 0.410. The molecule has 7 nitrogen and oxygen atoms in total. The molecule has 2 aliphatic heterocycles.